The zero-order valence-corrected chi connectivity index (χ0v) is 13.2. The predicted molar refractivity (Wildman–Crippen MR) is 78.7 cm³/mol. The normalized spacial score (nSPS) is 18.0. The maximum atomic E-state index is 11.5. The summed E-state index contributed by atoms with van der Waals surface area (Å²) in [6, 6.07) is 0. The van der Waals surface area contributed by atoms with Gasteiger partial charge in [0.15, 0.2) is 5.82 Å². The van der Waals surface area contributed by atoms with Gasteiger partial charge < -0.3 is 5.11 Å². The lowest BCUT2D eigenvalue weighted by molar-refractivity contribution is -0.143. The highest BCUT2D eigenvalue weighted by Gasteiger charge is 2.27. The van der Waals surface area contributed by atoms with Crippen LogP contribution in [0, 0.1) is 17.3 Å². The van der Waals surface area contributed by atoms with Gasteiger partial charge in [0.2, 0.25) is 0 Å². The first-order valence-electron chi connectivity index (χ1n) is 7.83. The summed E-state index contributed by atoms with van der Waals surface area (Å²) in [4.78, 5) is 11.5. The SMILES string of the molecule is CC(C)(C)CC(Cn1nnnc1CC1CCCC1)C(=O)O. The van der Waals surface area contributed by atoms with Crippen molar-refractivity contribution in [2.75, 3.05) is 0 Å². The van der Waals surface area contributed by atoms with Gasteiger partial charge in [-0.2, -0.15) is 0 Å². The molecule has 1 atom stereocenters. The molecule has 1 aliphatic rings. The Morgan fingerprint density at radius 2 is 2.05 bits per heavy atom. The maximum Gasteiger partial charge on any atom is 0.308 e. The Morgan fingerprint density at radius 1 is 1.38 bits per heavy atom. The molecule has 1 saturated carbocycles. The van der Waals surface area contributed by atoms with Gasteiger partial charge in [-0.05, 0) is 28.2 Å². The molecule has 1 heterocycles. The molecule has 0 amide bonds. The highest BCUT2D eigenvalue weighted by molar-refractivity contribution is 5.69. The van der Waals surface area contributed by atoms with E-state index in [2.05, 4.69) is 36.3 Å². The van der Waals surface area contributed by atoms with Gasteiger partial charge in [0.25, 0.3) is 0 Å². The summed E-state index contributed by atoms with van der Waals surface area (Å²) in [6.45, 7) is 6.54. The van der Waals surface area contributed by atoms with E-state index in [0.717, 1.165) is 12.2 Å². The largest absolute Gasteiger partial charge is 0.481 e. The summed E-state index contributed by atoms with van der Waals surface area (Å²) < 4.78 is 1.70. The number of aromatic nitrogens is 4. The topological polar surface area (TPSA) is 80.9 Å². The molecule has 0 saturated heterocycles. The lowest BCUT2D eigenvalue weighted by Gasteiger charge is -2.23. The van der Waals surface area contributed by atoms with Crippen LogP contribution in [0.25, 0.3) is 0 Å². The van der Waals surface area contributed by atoms with Crippen LogP contribution >= 0.6 is 0 Å². The number of carbonyl (C=O) groups is 1. The van der Waals surface area contributed by atoms with Crippen LogP contribution in [0.2, 0.25) is 0 Å². The zero-order valence-electron chi connectivity index (χ0n) is 13.2. The predicted octanol–water partition coefficient (Wildman–Crippen LogP) is 2.54. The Morgan fingerprint density at radius 3 is 2.62 bits per heavy atom. The van der Waals surface area contributed by atoms with Crippen molar-refractivity contribution < 1.29 is 9.90 Å². The summed E-state index contributed by atoms with van der Waals surface area (Å²) >= 11 is 0. The van der Waals surface area contributed by atoms with Gasteiger partial charge >= 0.3 is 5.97 Å². The van der Waals surface area contributed by atoms with Crippen LogP contribution in [0.4, 0.5) is 0 Å². The van der Waals surface area contributed by atoms with Gasteiger partial charge in [-0.15, -0.1) is 5.10 Å². The lowest BCUT2D eigenvalue weighted by Crippen LogP contribution is -2.27. The third-order valence-corrected chi connectivity index (χ3v) is 4.15. The molecule has 0 spiro atoms. The van der Waals surface area contributed by atoms with E-state index in [-0.39, 0.29) is 5.41 Å². The first-order chi connectivity index (χ1) is 9.85. The van der Waals surface area contributed by atoms with E-state index in [1.165, 1.54) is 25.7 Å². The Labute approximate surface area is 125 Å². The minimum Gasteiger partial charge on any atom is -0.481 e. The Balaban J connectivity index is 2.03. The molecule has 118 valence electrons. The molecule has 2 rings (SSSR count). The number of hydrogen-bond acceptors (Lipinski definition) is 4. The Hall–Kier alpha value is -1.46. The number of tetrazole rings is 1. The summed E-state index contributed by atoms with van der Waals surface area (Å²) in [7, 11) is 0. The van der Waals surface area contributed by atoms with Crippen LogP contribution in [0.3, 0.4) is 0 Å². The number of nitrogens with zero attached hydrogens (tertiary/aromatic N) is 4. The molecule has 6 heteroatoms. The molecule has 0 aliphatic heterocycles. The molecule has 1 unspecified atom stereocenters. The minimum absolute atomic E-state index is 0.0251. The van der Waals surface area contributed by atoms with E-state index in [1.54, 1.807) is 4.68 Å². The second-order valence-corrected chi connectivity index (χ2v) is 7.43. The van der Waals surface area contributed by atoms with Crippen molar-refractivity contribution in [1.82, 2.24) is 20.2 Å². The molecular weight excluding hydrogens is 268 g/mol. The van der Waals surface area contributed by atoms with Crippen LogP contribution in [-0.4, -0.2) is 31.3 Å². The molecule has 1 fully saturated rings. The molecule has 6 nitrogen and oxygen atoms in total. The van der Waals surface area contributed by atoms with E-state index < -0.39 is 11.9 Å². The summed E-state index contributed by atoms with van der Waals surface area (Å²) in [5.41, 5.74) is -0.0251. The van der Waals surface area contributed by atoms with Crippen LogP contribution in [-0.2, 0) is 17.8 Å². The van der Waals surface area contributed by atoms with Gasteiger partial charge in [0.05, 0.1) is 12.5 Å². The summed E-state index contributed by atoms with van der Waals surface area (Å²) in [6.07, 6.45) is 6.52. The van der Waals surface area contributed by atoms with E-state index in [9.17, 15) is 9.90 Å². The van der Waals surface area contributed by atoms with Crippen molar-refractivity contribution in [2.24, 2.45) is 17.3 Å². The molecule has 1 aliphatic carbocycles. The van der Waals surface area contributed by atoms with Crippen LogP contribution < -0.4 is 0 Å². The number of carboxylic acids is 1. The van der Waals surface area contributed by atoms with E-state index >= 15 is 0 Å². The fraction of sp³-hybridized carbons (Fsp3) is 0.867. The van der Waals surface area contributed by atoms with Gasteiger partial charge in [0.1, 0.15) is 0 Å². The highest BCUT2D eigenvalue weighted by Crippen LogP contribution is 2.28. The fourth-order valence-electron chi connectivity index (χ4n) is 3.16. The monoisotopic (exact) mass is 294 g/mol. The molecule has 0 aromatic carbocycles. The van der Waals surface area contributed by atoms with Crippen molar-refractivity contribution in [2.45, 2.75) is 65.8 Å². The minimum atomic E-state index is -0.771. The van der Waals surface area contributed by atoms with Crippen molar-refractivity contribution in [3.8, 4) is 0 Å². The summed E-state index contributed by atoms with van der Waals surface area (Å²) in [5, 5.41) is 21.3. The Kier molecular flexibility index (Phi) is 4.96. The van der Waals surface area contributed by atoms with Crippen molar-refractivity contribution in [3.05, 3.63) is 5.82 Å². The van der Waals surface area contributed by atoms with Crippen LogP contribution in [0.1, 0.15) is 58.7 Å². The smallest absolute Gasteiger partial charge is 0.308 e. The van der Waals surface area contributed by atoms with E-state index in [1.807, 2.05) is 0 Å². The zero-order chi connectivity index (χ0) is 15.5. The van der Waals surface area contributed by atoms with Crippen molar-refractivity contribution in [3.63, 3.8) is 0 Å². The van der Waals surface area contributed by atoms with Crippen molar-refractivity contribution in [1.29, 1.82) is 0 Å². The molecule has 21 heavy (non-hydrogen) atoms. The number of aliphatic carboxylic acids is 1. The second kappa shape index (κ2) is 6.54. The first-order valence-corrected chi connectivity index (χ1v) is 7.83. The Bertz CT molecular complexity index is 472. The average molecular weight is 294 g/mol. The second-order valence-electron chi connectivity index (χ2n) is 7.43. The van der Waals surface area contributed by atoms with Crippen molar-refractivity contribution >= 4 is 5.97 Å². The van der Waals surface area contributed by atoms with Gasteiger partial charge in [-0.1, -0.05) is 46.5 Å². The van der Waals surface area contributed by atoms with Crippen LogP contribution in [0.5, 0.6) is 0 Å². The summed E-state index contributed by atoms with van der Waals surface area (Å²) in [5.74, 6) is 0.269. The molecule has 0 radical (unpaired) electrons. The molecule has 1 aromatic heterocycles. The molecular formula is C15H26N4O2. The quantitative estimate of drug-likeness (QED) is 0.872. The average Bonchev–Trinajstić information content (AvgIpc) is 3.00. The fourth-order valence-corrected chi connectivity index (χ4v) is 3.16. The number of hydrogen-bond donors (Lipinski definition) is 1. The van der Waals surface area contributed by atoms with Gasteiger partial charge in [-0.25, -0.2) is 4.68 Å². The van der Waals surface area contributed by atoms with Gasteiger partial charge in [-0.3, -0.25) is 4.79 Å². The van der Waals surface area contributed by atoms with E-state index in [0.29, 0.717) is 18.9 Å². The van der Waals surface area contributed by atoms with Crippen LogP contribution in [0.15, 0.2) is 0 Å². The molecule has 1 N–H and O–H groups in total. The lowest BCUT2D eigenvalue weighted by atomic mass is 9.84. The maximum absolute atomic E-state index is 11.5. The van der Waals surface area contributed by atoms with Gasteiger partial charge in [0, 0.05) is 6.42 Å². The standard InChI is InChI=1S/C15H26N4O2/c1-15(2,3)9-12(14(20)21)10-19-13(16-17-18-19)8-11-6-4-5-7-11/h11-12H,4-10H2,1-3H3,(H,20,21). The third kappa shape index (κ3) is 4.79. The highest BCUT2D eigenvalue weighted by atomic mass is 16.4. The number of rotatable bonds is 6. The first kappa shape index (κ1) is 15.9. The molecule has 1 aromatic rings. The van der Waals surface area contributed by atoms with E-state index in [4.69, 9.17) is 0 Å². The molecule has 0 bridgehead atoms. The third-order valence-electron chi connectivity index (χ3n) is 4.15. The number of carboxylic acid groups (broad SMARTS) is 1.